The Morgan fingerprint density at radius 2 is 2.05 bits per heavy atom. The standard InChI is InChI=1S/C26H36F2N6O3/c1-4-21(35)34-10-5-19(17(14-34)11-16(2)3)32-20-13-30-23-22(33-20)18(12-29-23)24(36)31-15-25(37)6-8-26(27,28)9-7-25/h4,12-13,16-17,19,37H,1,5-11,14-15H2,2-3H3,(H,29,30)(H,31,36)(H,32,33)/t17-,19?/m1/s1. The maximum absolute atomic E-state index is 13.5. The zero-order valence-electron chi connectivity index (χ0n) is 21.4. The molecule has 2 fully saturated rings. The number of carbonyl (C=O) groups excluding carboxylic acids is 2. The second kappa shape index (κ2) is 10.7. The average molecular weight is 519 g/mol. The first kappa shape index (κ1) is 27.0. The Labute approximate surface area is 215 Å². The molecule has 2 aliphatic rings. The fourth-order valence-corrected chi connectivity index (χ4v) is 5.32. The van der Waals surface area contributed by atoms with Crippen molar-refractivity contribution in [2.24, 2.45) is 11.8 Å². The van der Waals surface area contributed by atoms with Gasteiger partial charge in [-0.1, -0.05) is 20.4 Å². The number of nitrogens with zero attached hydrogens (tertiary/aromatic N) is 3. The van der Waals surface area contributed by atoms with Gasteiger partial charge in [0, 0.05) is 44.7 Å². The number of H-pyrrole nitrogens is 1. The second-order valence-electron chi connectivity index (χ2n) is 10.8. The van der Waals surface area contributed by atoms with Crippen molar-refractivity contribution in [3.05, 3.63) is 30.6 Å². The largest absolute Gasteiger partial charge is 0.388 e. The lowest BCUT2D eigenvalue weighted by Crippen LogP contribution is -2.48. The molecular weight excluding hydrogens is 482 g/mol. The van der Waals surface area contributed by atoms with Crippen molar-refractivity contribution in [2.45, 2.75) is 69.9 Å². The predicted octanol–water partition coefficient (Wildman–Crippen LogP) is 3.49. The van der Waals surface area contributed by atoms with Crippen LogP contribution in [-0.4, -0.2) is 74.0 Å². The Morgan fingerprint density at radius 1 is 1.32 bits per heavy atom. The molecule has 202 valence electrons. The van der Waals surface area contributed by atoms with Gasteiger partial charge in [0.05, 0.1) is 17.4 Å². The number of alkyl halides is 2. The van der Waals surface area contributed by atoms with E-state index in [1.165, 1.54) is 12.3 Å². The molecule has 9 nitrogen and oxygen atoms in total. The summed E-state index contributed by atoms with van der Waals surface area (Å²) in [4.78, 5) is 38.9. The van der Waals surface area contributed by atoms with Crippen LogP contribution in [0.15, 0.2) is 25.0 Å². The van der Waals surface area contributed by atoms with Gasteiger partial charge in [-0.3, -0.25) is 9.59 Å². The number of nitrogens with one attached hydrogen (secondary N) is 3. The van der Waals surface area contributed by atoms with Gasteiger partial charge in [-0.25, -0.2) is 18.7 Å². The molecule has 2 atom stereocenters. The van der Waals surface area contributed by atoms with Crippen LogP contribution in [0.1, 0.15) is 62.7 Å². The Balaban J connectivity index is 1.45. The topological polar surface area (TPSA) is 123 Å². The molecule has 3 heterocycles. The maximum atomic E-state index is 13.5. The number of anilines is 1. The molecule has 11 heteroatoms. The Morgan fingerprint density at radius 3 is 2.73 bits per heavy atom. The van der Waals surface area contributed by atoms with E-state index >= 15 is 0 Å². The first-order valence-electron chi connectivity index (χ1n) is 12.9. The molecule has 1 aliphatic heterocycles. The third-order valence-corrected chi connectivity index (χ3v) is 7.44. The molecule has 37 heavy (non-hydrogen) atoms. The van der Waals surface area contributed by atoms with Gasteiger partial charge in [-0.05, 0) is 43.6 Å². The van der Waals surface area contributed by atoms with Crippen LogP contribution >= 0.6 is 0 Å². The number of piperidine rings is 1. The SMILES string of the molecule is C=CC(=O)N1CCC(Nc2cnc3[nH]cc(C(=O)NCC4(O)CCC(F)(F)CC4)c3n2)[C@H](CC(C)C)C1. The lowest BCUT2D eigenvalue weighted by molar-refractivity contribution is -0.128. The quantitative estimate of drug-likeness (QED) is 0.397. The summed E-state index contributed by atoms with van der Waals surface area (Å²) in [6.45, 7) is 9.03. The lowest BCUT2D eigenvalue weighted by atomic mass is 9.82. The molecule has 1 aliphatic carbocycles. The maximum Gasteiger partial charge on any atom is 0.255 e. The van der Waals surface area contributed by atoms with Crippen LogP contribution in [0.2, 0.25) is 0 Å². The van der Waals surface area contributed by atoms with E-state index in [1.54, 1.807) is 6.20 Å². The first-order chi connectivity index (χ1) is 17.5. The lowest BCUT2D eigenvalue weighted by Gasteiger charge is -2.39. The van der Waals surface area contributed by atoms with Gasteiger partial charge < -0.3 is 25.6 Å². The van der Waals surface area contributed by atoms with E-state index in [0.29, 0.717) is 36.0 Å². The molecule has 1 unspecified atom stereocenters. The van der Waals surface area contributed by atoms with Crippen LogP contribution in [0.25, 0.3) is 11.2 Å². The number of halogens is 2. The van der Waals surface area contributed by atoms with Crippen molar-refractivity contribution in [2.75, 3.05) is 25.0 Å². The number of carbonyl (C=O) groups is 2. The molecule has 4 N–H and O–H groups in total. The van der Waals surface area contributed by atoms with E-state index in [0.717, 1.165) is 12.8 Å². The zero-order valence-corrected chi connectivity index (χ0v) is 21.4. The fraction of sp³-hybridized carbons (Fsp3) is 0.615. The van der Waals surface area contributed by atoms with E-state index in [4.69, 9.17) is 0 Å². The fourth-order valence-electron chi connectivity index (χ4n) is 5.32. The number of aromatic nitrogens is 3. The summed E-state index contributed by atoms with van der Waals surface area (Å²) < 4.78 is 26.9. The molecule has 4 rings (SSSR count). The van der Waals surface area contributed by atoms with Crippen LogP contribution < -0.4 is 10.6 Å². The Hall–Kier alpha value is -3.08. The van der Waals surface area contributed by atoms with E-state index in [1.807, 2.05) is 4.90 Å². The average Bonchev–Trinajstić information content (AvgIpc) is 3.28. The number of rotatable bonds is 8. The summed E-state index contributed by atoms with van der Waals surface area (Å²) in [6.07, 6.45) is 5.20. The van der Waals surface area contributed by atoms with Gasteiger partial charge in [0.25, 0.3) is 5.91 Å². The minimum Gasteiger partial charge on any atom is -0.388 e. The van der Waals surface area contributed by atoms with Gasteiger partial charge in [-0.15, -0.1) is 0 Å². The number of fused-ring (bicyclic) bond motifs is 1. The zero-order chi connectivity index (χ0) is 26.8. The van der Waals surface area contributed by atoms with E-state index in [9.17, 15) is 23.5 Å². The van der Waals surface area contributed by atoms with Gasteiger partial charge in [-0.2, -0.15) is 0 Å². The van der Waals surface area contributed by atoms with Crippen molar-refractivity contribution in [3.8, 4) is 0 Å². The van der Waals surface area contributed by atoms with Gasteiger partial charge in [0.15, 0.2) is 5.65 Å². The molecule has 2 amide bonds. The molecular formula is C26H36F2N6O3. The van der Waals surface area contributed by atoms with Crippen LogP contribution in [-0.2, 0) is 4.79 Å². The number of hydrogen-bond donors (Lipinski definition) is 4. The normalized spacial score (nSPS) is 23.1. The third-order valence-electron chi connectivity index (χ3n) is 7.44. The summed E-state index contributed by atoms with van der Waals surface area (Å²) in [5.41, 5.74) is -0.267. The highest BCUT2D eigenvalue weighted by Crippen LogP contribution is 2.38. The van der Waals surface area contributed by atoms with Crippen molar-refractivity contribution < 1.29 is 23.5 Å². The number of hydrogen-bond acceptors (Lipinski definition) is 6. The number of amides is 2. The van der Waals surface area contributed by atoms with Crippen molar-refractivity contribution >= 4 is 28.8 Å². The first-order valence-corrected chi connectivity index (χ1v) is 12.9. The van der Waals surface area contributed by atoms with Gasteiger partial charge >= 0.3 is 0 Å². The smallest absolute Gasteiger partial charge is 0.255 e. The van der Waals surface area contributed by atoms with E-state index in [2.05, 4.69) is 46.0 Å². The molecule has 1 saturated heterocycles. The Kier molecular flexibility index (Phi) is 7.82. The number of likely N-dealkylation sites (tertiary alicyclic amines) is 1. The number of aromatic amines is 1. The monoisotopic (exact) mass is 518 g/mol. The van der Waals surface area contributed by atoms with Crippen molar-refractivity contribution in [1.82, 2.24) is 25.2 Å². The van der Waals surface area contributed by atoms with Crippen LogP contribution in [0.5, 0.6) is 0 Å². The summed E-state index contributed by atoms with van der Waals surface area (Å²) in [5, 5.41) is 16.8. The molecule has 0 aromatic carbocycles. The summed E-state index contributed by atoms with van der Waals surface area (Å²) in [5.74, 6) is -2.10. The van der Waals surface area contributed by atoms with Crippen LogP contribution in [0.4, 0.5) is 14.6 Å². The van der Waals surface area contributed by atoms with E-state index in [-0.39, 0.29) is 42.8 Å². The summed E-state index contributed by atoms with van der Waals surface area (Å²) in [7, 11) is 0. The van der Waals surface area contributed by atoms with Crippen LogP contribution in [0.3, 0.4) is 0 Å². The van der Waals surface area contributed by atoms with E-state index < -0.39 is 30.3 Å². The molecule has 1 saturated carbocycles. The highest BCUT2D eigenvalue weighted by Gasteiger charge is 2.42. The van der Waals surface area contributed by atoms with Crippen molar-refractivity contribution in [1.29, 1.82) is 0 Å². The minimum absolute atomic E-state index is 0.0667. The number of aliphatic hydroxyl groups is 1. The molecule has 0 radical (unpaired) electrons. The summed E-state index contributed by atoms with van der Waals surface area (Å²) in [6, 6.07) is 0.0814. The van der Waals surface area contributed by atoms with Gasteiger partial charge in [0.1, 0.15) is 11.3 Å². The molecule has 2 aromatic heterocycles. The molecule has 0 bridgehead atoms. The van der Waals surface area contributed by atoms with Crippen LogP contribution in [0, 0.1) is 11.8 Å². The highest BCUT2D eigenvalue weighted by molar-refractivity contribution is 6.04. The minimum atomic E-state index is -2.77. The highest BCUT2D eigenvalue weighted by atomic mass is 19.3. The predicted molar refractivity (Wildman–Crippen MR) is 136 cm³/mol. The second-order valence-corrected chi connectivity index (χ2v) is 10.8. The molecule has 0 spiro atoms. The third kappa shape index (κ3) is 6.44. The molecule has 2 aromatic rings. The van der Waals surface area contributed by atoms with Gasteiger partial charge in [0.2, 0.25) is 11.8 Å². The summed E-state index contributed by atoms with van der Waals surface area (Å²) >= 11 is 0. The van der Waals surface area contributed by atoms with Crippen molar-refractivity contribution in [3.63, 3.8) is 0 Å². The Bertz CT molecular complexity index is 1140.